The fourth-order valence-electron chi connectivity index (χ4n) is 1.74. The Morgan fingerprint density at radius 2 is 2.14 bits per heavy atom. The molecule has 0 saturated carbocycles. The maximum absolute atomic E-state index is 5.68. The molecule has 1 fully saturated rings. The van der Waals surface area contributed by atoms with E-state index in [0.29, 0.717) is 5.88 Å². The van der Waals surface area contributed by atoms with Gasteiger partial charge >= 0.3 is 0 Å². The van der Waals surface area contributed by atoms with E-state index in [4.69, 9.17) is 11.6 Å². The Hall–Kier alpha value is -0.280. The van der Waals surface area contributed by atoms with Gasteiger partial charge in [0.1, 0.15) is 0 Å². The van der Waals surface area contributed by atoms with Crippen LogP contribution in [0.15, 0.2) is 5.38 Å². The van der Waals surface area contributed by atoms with Gasteiger partial charge in [-0.2, -0.15) is 0 Å². The molecule has 0 aliphatic carbocycles. The van der Waals surface area contributed by atoms with Crippen LogP contribution in [0, 0.1) is 0 Å². The van der Waals surface area contributed by atoms with Gasteiger partial charge in [0.25, 0.3) is 0 Å². The van der Waals surface area contributed by atoms with Crippen molar-refractivity contribution in [2.75, 3.05) is 23.9 Å². The van der Waals surface area contributed by atoms with E-state index >= 15 is 0 Å². The molecular weight excluding hydrogens is 216 g/mol. The lowest BCUT2D eigenvalue weighted by atomic mass is 10.1. The maximum atomic E-state index is 5.68. The van der Waals surface area contributed by atoms with Gasteiger partial charge in [0.15, 0.2) is 5.13 Å². The minimum atomic E-state index is 0.670. The van der Waals surface area contributed by atoms with Crippen LogP contribution in [0.4, 0.5) is 5.13 Å². The number of thiazole rings is 1. The zero-order valence-electron chi connectivity index (χ0n) is 8.21. The lowest BCUT2D eigenvalue weighted by Gasteiger charge is -2.25. The molecule has 14 heavy (non-hydrogen) atoms. The van der Waals surface area contributed by atoms with Gasteiger partial charge < -0.3 is 4.90 Å². The molecule has 0 radical (unpaired) electrons. The van der Waals surface area contributed by atoms with Gasteiger partial charge in [-0.15, -0.1) is 22.9 Å². The Morgan fingerprint density at radius 3 is 2.86 bits per heavy atom. The molecule has 0 atom stereocenters. The molecule has 1 saturated heterocycles. The topological polar surface area (TPSA) is 16.1 Å². The Morgan fingerprint density at radius 1 is 1.36 bits per heavy atom. The van der Waals surface area contributed by atoms with Crippen LogP contribution in [0.2, 0.25) is 0 Å². The van der Waals surface area contributed by atoms with E-state index in [1.165, 1.54) is 37.5 Å². The second kappa shape index (κ2) is 4.99. The predicted molar refractivity (Wildman–Crippen MR) is 62.6 cm³/mol. The van der Waals surface area contributed by atoms with E-state index in [9.17, 15) is 0 Å². The molecule has 0 bridgehead atoms. The van der Waals surface area contributed by atoms with Crippen LogP contribution < -0.4 is 4.90 Å². The molecule has 1 aliphatic rings. The number of hydrogen-bond donors (Lipinski definition) is 0. The Labute approximate surface area is 93.9 Å². The van der Waals surface area contributed by atoms with Crippen molar-refractivity contribution in [2.24, 2.45) is 0 Å². The van der Waals surface area contributed by atoms with Crippen molar-refractivity contribution in [3.05, 3.63) is 11.1 Å². The summed E-state index contributed by atoms with van der Waals surface area (Å²) >= 11 is 7.43. The fraction of sp³-hybridized carbons (Fsp3) is 0.700. The van der Waals surface area contributed by atoms with Crippen molar-refractivity contribution in [1.29, 1.82) is 0 Å². The molecule has 0 N–H and O–H groups in total. The van der Waals surface area contributed by atoms with Crippen LogP contribution in [0.25, 0.3) is 0 Å². The van der Waals surface area contributed by atoms with Crippen molar-refractivity contribution in [2.45, 2.75) is 25.7 Å². The first-order valence-electron chi connectivity index (χ1n) is 5.15. The van der Waals surface area contributed by atoms with Crippen LogP contribution in [0.5, 0.6) is 0 Å². The molecule has 1 aromatic heterocycles. The fourth-order valence-corrected chi connectivity index (χ4v) is 2.85. The summed E-state index contributed by atoms with van der Waals surface area (Å²) in [6, 6.07) is 0. The van der Waals surface area contributed by atoms with Crippen LogP contribution >= 0.6 is 22.9 Å². The second-order valence-electron chi connectivity index (χ2n) is 3.61. The smallest absolute Gasteiger partial charge is 0.185 e. The molecule has 4 heteroatoms. The van der Waals surface area contributed by atoms with Crippen molar-refractivity contribution >= 4 is 28.1 Å². The lowest BCUT2D eigenvalue weighted by Crippen LogP contribution is -2.29. The third-order valence-electron chi connectivity index (χ3n) is 2.52. The van der Waals surface area contributed by atoms with Crippen LogP contribution in [-0.4, -0.2) is 24.0 Å². The van der Waals surface area contributed by atoms with Gasteiger partial charge in [-0.1, -0.05) is 0 Å². The highest BCUT2D eigenvalue weighted by molar-refractivity contribution is 7.13. The zero-order chi connectivity index (χ0) is 9.80. The van der Waals surface area contributed by atoms with Crippen molar-refractivity contribution < 1.29 is 0 Å². The van der Waals surface area contributed by atoms with E-state index < -0.39 is 0 Å². The number of nitrogens with zero attached hydrogens (tertiary/aromatic N) is 2. The summed E-state index contributed by atoms with van der Waals surface area (Å²) in [5.74, 6) is 0.670. The summed E-state index contributed by atoms with van der Waals surface area (Å²) in [5.41, 5.74) is 1.14. The summed E-state index contributed by atoms with van der Waals surface area (Å²) in [7, 11) is 0. The number of hydrogen-bond acceptors (Lipinski definition) is 3. The molecule has 0 unspecified atom stereocenters. The molecule has 2 nitrogen and oxygen atoms in total. The normalized spacial score (nSPS) is 17.4. The average Bonchev–Trinajstić information content (AvgIpc) is 2.68. The quantitative estimate of drug-likeness (QED) is 0.743. The Kier molecular flexibility index (Phi) is 3.65. The lowest BCUT2D eigenvalue weighted by molar-refractivity contribution is 0.576. The number of anilines is 1. The molecule has 1 aromatic rings. The standard InChI is InChI=1S/C10H15ClN2S/c11-5-4-9-8-14-10(12-9)13-6-2-1-3-7-13/h8H,1-7H2. The van der Waals surface area contributed by atoms with Crippen molar-refractivity contribution in [1.82, 2.24) is 4.98 Å². The van der Waals surface area contributed by atoms with E-state index in [2.05, 4.69) is 15.3 Å². The van der Waals surface area contributed by atoms with Gasteiger partial charge in [-0.3, -0.25) is 0 Å². The minimum absolute atomic E-state index is 0.670. The number of alkyl halides is 1. The Bertz CT molecular complexity index is 281. The molecule has 2 rings (SSSR count). The second-order valence-corrected chi connectivity index (χ2v) is 4.82. The van der Waals surface area contributed by atoms with Gasteiger partial charge in [0, 0.05) is 30.8 Å². The van der Waals surface area contributed by atoms with Crippen LogP contribution in [-0.2, 0) is 6.42 Å². The molecule has 0 amide bonds. The molecule has 0 aromatic carbocycles. The zero-order valence-corrected chi connectivity index (χ0v) is 9.78. The highest BCUT2D eigenvalue weighted by atomic mass is 35.5. The molecule has 78 valence electrons. The first-order valence-corrected chi connectivity index (χ1v) is 6.57. The first-order chi connectivity index (χ1) is 6.90. The summed E-state index contributed by atoms with van der Waals surface area (Å²) in [4.78, 5) is 6.98. The Balaban J connectivity index is 2.00. The summed E-state index contributed by atoms with van der Waals surface area (Å²) in [6.45, 7) is 2.35. The molecule has 0 spiro atoms. The third-order valence-corrected chi connectivity index (χ3v) is 3.66. The minimum Gasteiger partial charge on any atom is -0.348 e. The summed E-state index contributed by atoms with van der Waals surface area (Å²) in [6.07, 6.45) is 4.89. The van der Waals surface area contributed by atoms with Crippen molar-refractivity contribution in [3.63, 3.8) is 0 Å². The van der Waals surface area contributed by atoms with E-state index in [1.807, 2.05) is 0 Å². The van der Waals surface area contributed by atoms with Gasteiger partial charge in [-0.25, -0.2) is 4.98 Å². The van der Waals surface area contributed by atoms with E-state index in [0.717, 1.165) is 12.1 Å². The number of aryl methyl sites for hydroxylation is 1. The largest absolute Gasteiger partial charge is 0.348 e. The van der Waals surface area contributed by atoms with Crippen LogP contribution in [0.1, 0.15) is 25.0 Å². The first kappa shape index (κ1) is 10.2. The van der Waals surface area contributed by atoms with E-state index in [-0.39, 0.29) is 0 Å². The highest BCUT2D eigenvalue weighted by Gasteiger charge is 2.13. The molecule has 1 aliphatic heterocycles. The number of rotatable bonds is 3. The van der Waals surface area contributed by atoms with Gasteiger partial charge in [-0.05, 0) is 19.3 Å². The van der Waals surface area contributed by atoms with Gasteiger partial charge in [0.05, 0.1) is 5.69 Å². The maximum Gasteiger partial charge on any atom is 0.185 e. The van der Waals surface area contributed by atoms with Crippen LogP contribution in [0.3, 0.4) is 0 Å². The third kappa shape index (κ3) is 2.39. The number of halogens is 1. The van der Waals surface area contributed by atoms with E-state index in [1.54, 1.807) is 11.3 Å². The SMILES string of the molecule is ClCCc1csc(N2CCCCC2)n1. The highest BCUT2D eigenvalue weighted by Crippen LogP contribution is 2.24. The summed E-state index contributed by atoms with van der Waals surface area (Å²) in [5, 5.41) is 3.32. The monoisotopic (exact) mass is 230 g/mol. The number of piperidine rings is 1. The predicted octanol–water partition coefficient (Wildman–Crippen LogP) is 2.91. The average molecular weight is 231 g/mol. The molecule has 2 heterocycles. The van der Waals surface area contributed by atoms with Gasteiger partial charge in [0.2, 0.25) is 0 Å². The number of aromatic nitrogens is 1. The van der Waals surface area contributed by atoms with Crippen molar-refractivity contribution in [3.8, 4) is 0 Å². The summed E-state index contributed by atoms with van der Waals surface area (Å²) < 4.78 is 0. The molecular formula is C10H15ClN2S.